The second-order valence-electron chi connectivity index (χ2n) is 3.16. The average Bonchev–Trinajstić information content (AvgIpc) is 2.30. The lowest BCUT2D eigenvalue weighted by Crippen LogP contribution is -1.90. The van der Waals surface area contributed by atoms with E-state index in [1.54, 1.807) is 24.5 Å². The van der Waals surface area contributed by atoms with Gasteiger partial charge in [-0.05, 0) is 51.9 Å². The number of pyridine rings is 1. The molecule has 2 rings (SSSR count). The largest absolute Gasteiger partial charge is 0.270 e. The first-order valence-corrected chi connectivity index (χ1v) is 5.60. The number of rotatable bonds is 2. The number of aromatic nitrogens is 1. The van der Waals surface area contributed by atoms with E-state index in [4.69, 9.17) is 0 Å². The first-order chi connectivity index (χ1) is 7.68. The second kappa shape index (κ2) is 4.56. The second-order valence-corrected chi connectivity index (χ2v) is 4.32. The van der Waals surface area contributed by atoms with Crippen LogP contribution < -0.4 is 0 Å². The van der Waals surface area contributed by atoms with E-state index < -0.39 is 4.92 Å². The molecular weight excluding hydrogens is 319 g/mol. The van der Waals surface area contributed by atoms with Crippen LogP contribution in [0.4, 0.5) is 5.69 Å². The molecule has 0 unspecified atom stereocenters. The summed E-state index contributed by atoms with van der Waals surface area (Å²) in [4.78, 5) is 14.1. The van der Waals surface area contributed by atoms with Crippen LogP contribution in [0, 0.1) is 13.7 Å². The maximum atomic E-state index is 10.6. The molecule has 0 radical (unpaired) electrons. The van der Waals surface area contributed by atoms with Gasteiger partial charge in [-0.3, -0.25) is 15.1 Å². The summed E-state index contributed by atoms with van der Waals surface area (Å²) in [7, 11) is 0. The minimum absolute atomic E-state index is 0.113. The number of hydrogen-bond donors (Lipinski definition) is 0. The van der Waals surface area contributed by atoms with Crippen LogP contribution in [0.25, 0.3) is 11.1 Å². The van der Waals surface area contributed by atoms with Crippen molar-refractivity contribution in [2.75, 3.05) is 0 Å². The van der Waals surface area contributed by atoms with Crippen LogP contribution in [0.1, 0.15) is 0 Å². The molecule has 0 aliphatic heterocycles. The Morgan fingerprint density at radius 3 is 2.44 bits per heavy atom. The van der Waals surface area contributed by atoms with E-state index in [-0.39, 0.29) is 5.69 Å². The number of hydrogen-bond acceptors (Lipinski definition) is 3. The van der Waals surface area contributed by atoms with Crippen molar-refractivity contribution >= 4 is 28.3 Å². The van der Waals surface area contributed by atoms with Gasteiger partial charge in [-0.15, -0.1) is 0 Å². The maximum absolute atomic E-state index is 10.6. The molecule has 1 aromatic carbocycles. The molecule has 0 atom stereocenters. The summed E-state index contributed by atoms with van der Waals surface area (Å²) < 4.78 is 0.859. The number of benzene rings is 1. The molecular formula is C11H7IN2O2. The predicted octanol–water partition coefficient (Wildman–Crippen LogP) is 3.26. The SMILES string of the molecule is O=[N+]([O-])c1ccc(-c2ccncc2)c(I)c1. The molecule has 0 amide bonds. The van der Waals surface area contributed by atoms with Gasteiger partial charge < -0.3 is 0 Å². The molecule has 0 saturated carbocycles. The summed E-state index contributed by atoms with van der Waals surface area (Å²) in [5.41, 5.74) is 2.10. The number of non-ortho nitro benzene ring substituents is 1. The van der Waals surface area contributed by atoms with Crippen LogP contribution in [-0.2, 0) is 0 Å². The zero-order valence-electron chi connectivity index (χ0n) is 8.13. The zero-order chi connectivity index (χ0) is 11.5. The topological polar surface area (TPSA) is 56.0 Å². The van der Waals surface area contributed by atoms with Gasteiger partial charge in [-0.2, -0.15) is 0 Å². The first-order valence-electron chi connectivity index (χ1n) is 4.53. The summed E-state index contributed by atoms with van der Waals surface area (Å²) in [6.07, 6.45) is 3.40. The molecule has 16 heavy (non-hydrogen) atoms. The summed E-state index contributed by atoms with van der Waals surface area (Å²) in [5.74, 6) is 0. The van der Waals surface area contributed by atoms with Crippen LogP contribution in [0.5, 0.6) is 0 Å². The minimum Gasteiger partial charge on any atom is -0.265 e. The Kier molecular flexibility index (Phi) is 3.14. The summed E-state index contributed by atoms with van der Waals surface area (Å²) >= 11 is 2.10. The van der Waals surface area contributed by atoms with Crippen molar-refractivity contribution < 1.29 is 4.92 Å². The predicted molar refractivity (Wildman–Crippen MR) is 69.0 cm³/mol. The molecule has 80 valence electrons. The van der Waals surface area contributed by atoms with E-state index >= 15 is 0 Å². The Morgan fingerprint density at radius 2 is 1.88 bits per heavy atom. The van der Waals surface area contributed by atoms with Gasteiger partial charge in [0.15, 0.2) is 0 Å². The lowest BCUT2D eigenvalue weighted by atomic mass is 10.1. The highest BCUT2D eigenvalue weighted by Crippen LogP contribution is 2.27. The molecule has 1 aromatic heterocycles. The lowest BCUT2D eigenvalue weighted by molar-refractivity contribution is -0.384. The molecule has 5 heteroatoms. The van der Waals surface area contributed by atoms with E-state index in [0.717, 1.165) is 14.7 Å². The van der Waals surface area contributed by atoms with Gasteiger partial charge in [0, 0.05) is 28.1 Å². The first kappa shape index (κ1) is 11.0. The van der Waals surface area contributed by atoms with E-state index in [0.29, 0.717) is 0 Å². The van der Waals surface area contributed by atoms with Crippen molar-refractivity contribution in [2.24, 2.45) is 0 Å². The van der Waals surface area contributed by atoms with Crippen molar-refractivity contribution in [3.8, 4) is 11.1 Å². The van der Waals surface area contributed by atoms with Gasteiger partial charge in [0.05, 0.1) is 4.92 Å². The van der Waals surface area contributed by atoms with Crippen molar-refractivity contribution in [1.29, 1.82) is 0 Å². The van der Waals surface area contributed by atoms with Crippen LogP contribution in [-0.4, -0.2) is 9.91 Å². The van der Waals surface area contributed by atoms with Crippen LogP contribution >= 0.6 is 22.6 Å². The Hall–Kier alpha value is -1.50. The summed E-state index contributed by atoms with van der Waals surface area (Å²) in [6, 6.07) is 8.59. The number of nitro groups is 1. The Morgan fingerprint density at radius 1 is 1.19 bits per heavy atom. The molecule has 0 aliphatic carbocycles. The van der Waals surface area contributed by atoms with Gasteiger partial charge in [-0.1, -0.05) is 0 Å². The molecule has 0 saturated heterocycles. The number of halogens is 1. The van der Waals surface area contributed by atoms with E-state index in [9.17, 15) is 10.1 Å². The third-order valence-corrected chi connectivity index (χ3v) is 3.05. The van der Waals surface area contributed by atoms with Gasteiger partial charge in [0.2, 0.25) is 0 Å². The van der Waals surface area contributed by atoms with Crippen molar-refractivity contribution in [2.45, 2.75) is 0 Å². The normalized spacial score (nSPS) is 10.1. The number of nitrogens with zero attached hydrogens (tertiary/aromatic N) is 2. The van der Waals surface area contributed by atoms with Crippen LogP contribution in [0.2, 0.25) is 0 Å². The molecule has 0 N–H and O–H groups in total. The monoisotopic (exact) mass is 326 g/mol. The molecule has 0 bridgehead atoms. The summed E-state index contributed by atoms with van der Waals surface area (Å²) in [5, 5.41) is 10.6. The molecule has 0 aliphatic rings. The highest BCUT2D eigenvalue weighted by atomic mass is 127. The van der Waals surface area contributed by atoms with Crippen molar-refractivity contribution in [3.63, 3.8) is 0 Å². The van der Waals surface area contributed by atoms with Crippen molar-refractivity contribution in [1.82, 2.24) is 4.98 Å². The van der Waals surface area contributed by atoms with Gasteiger partial charge in [0.25, 0.3) is 5.69 Å². The standard InChI is InChI=1S/C11H7IN2O2/c12-11-7-9(14(15)16)1-2-10(11)8-3-5-13-6-4-8/h1-7H. The minimum atomic E-state index is -0.390. The molecule has 1 heterocycles. The van der Waals surface area contributed by atoms with E-state index in [2.05, 4.69) is 27.6 Å². The Balaban J connectivity index is 2.48. The lowest BCUT2D eigenvalue weighted by Gasteiger charge is -2.03. The summed E-state index contributed by atoms with van der Waals surface area (Å²) in [6.45, 7) is 0. The molecule has 0 spiro atoms. The van der Waals surface area contributed by atoms with E-state index in [1.807, 2.05) is 12.1 Å². The van der Waals surface area contributed by atoms with Crippen LogP contribution in [0.3, 0.4) is 0 Å². The highest BCUT2D eigenvalue weighted by molar-refractivity contribution is 14.1. The fourth-order valence-corrected chi connectivity index (χ4v) is 2.19. The number of nitro benzene ring substituents is 1. The Labute approximate surface area is 106 Å². The van der Waals surface area contributed by atoms with Crippen LogP contribution in [0.15, 0.2) is 42.7 Å². The van der Waals surface area contributed by atoms with E-state index in [1.165, 1.54) is 6.07 Å². The van der Waals surface area contributed by atoms with Gasteiger partial charge in [0.1, 0.15) is 0 Å². The van der Waals surface area contributed by atoms with Gasteiger partial charge in [-0.25, -0.2) is 0 Å². The quantitative estimate of drug-likeness (QED) is 0.483. The molecule has 0 fully saturated rings. The maximum Gasteiger partial charge on any atom is 0.270 e. The molecule has 4 nitrogen and oxygen atoms in total. The third kappa shape index (κ3) is 2.19. The van der Waals surface area contributed by atoms with Gasteiger partial charge >= 0.3 is 0 Å². The molecule has 2 aromatic rings. The fourth-order valence-electron chi connectivity index (χ4n) is 1.38. The highest BCUT2D eigenvalue weighted by Gasteiger charge is 2.09. The average molecular weight is 326 g/mol. The van der Waals surface area contributed by atoms with Crippen molar-refractivity contribution in [3.05, 3.63) is 56.4 Å². The zero-order valence-corrected chi connectivity index (χ0v) is 10.3. The Bertz CT molecular complexity index is 529. The fraction of sp³-hybridized carbons (Fsp3) is 0. The third-order valence-electron chi connectivity index (χ3n) is 2.15. The smallest absolute Gasteiger partial charge is 0.265 e.